The van der Waals surface area contributed by atoms with Crippen molar-refractivity contribution in [3.05, 3.63) is 28.8 Å². The highest BCUT2D eigenvalue weighted by molar-refractivity contribution is 6.17. The number of nitrogens with zero attached hydrogens (tertiary/aromatic N) is 1. The molecule has 108 valence electrons. The van der Waals surface area contributed by atoms with Gasteiger partial charge in [-0.3, -0.25) is 4.79 Å². The summed E-state index contributed by atoms with van der Waals surface area (Å²) in [5, 5.41) is 8.94. The van der Waals surface area contributed by atoms with E-state index in [-0.39, 0.29) is 29.0 Å². The van der Waals surface area contributed by atoms with Gasteiger partial charge in [-0.05, 0) is 17.7 Å². The number of alkyl halides is 4. The molecule has 0 unspecified atom stereocenters. The lowest BCUT2D eigenvalue weighted by Gasteiger charge is -2.16. The minimum Gasteiger partial charge on any atom is -0.469 e. The van der Waals surface area contributed by atoms with Gasteiger partial charge < -0.3 is 9.47 Å². The van der Waals surface area contributed by atoms with E-state index in [0.717, 1.165) is 19.2 Å². The minimum atomic E-state index is -4.89. The average molecular weight is 308 g/mol. The number of halogens is 4. The number of carbonyl (C=O) groups is 1. The zero-order valence-electron chi connectivity index (χ0n) is 10.3. The van der Waals surface area contributed by atoms with E-state index >= 15 is 0 Å². The number of carbonyl (C=O) groups excluding carboxylic acids is 1. The van der Waals surface area contributed by atoms with Gasteiger partial charge >= 0.3 is 12.3 Å². The van der Waals surface area contributed by atoms with E-state index in [0.29, 0.717) is 0 Å². The summed E-state index contributed by atoms with van der Waals surface area (Å²) in [6.07, 6.45) is -5.26. The highest BCUT2D eigenvalue weighted by atomic mass is 35.5. The topological polar surface area (TPSA) is 59.3 Å². The standard InChI is InChI=1S/C12H9ClF3NO3/c1-19-11(18)4-8-7(6-17)2-3-10(9(8)5-13)20-12(14,15)16/h2-3H,4-5H2,1H3. The predicted molar refractivity (Wildman–Crippen MR) is 63.1 cm³/mol. The number of rotatable bonds is 4. The number of esters is 1. The molecule has 0 radical (unpaired) electrons. The van der Waals surface area contributed by atoms with E-state index < -0.39 is 18.1 Å². The molecule has 0 atom stereocenters. The first-order valence-corrected chi connectivity index (χ1v) is 5.79. The lowest BCUT2D eigenvalue weighted by molar-refractivity contribution is -0.274. The largest absolute Gasteiger partial charge is 0.573 e. The van der Waals surface area contributed by atoms with Crippen molar-refractivity contribution in [3.63, 3.8) is 0 Å². The molecular weight excluding hydrogens is 299 g/mol. The molecule has 0 spiro atoms. The van der Waals surface area contributed by atoms with E-state index in [1.807, 2.05) is 0 Å². The zero-order chi connectivity index (χ0) is 15.3. The van der Waals surface area contributed by atoms with Crippen molar-refractivity contribution in [2.45, 2.75) is 18.7 Å². The van der Waals surface area contributed by atoms with Crippen LogP contribution in [0.4, 0.5) is 13.2 Å². The van der Waals surface area contributed by atoms with Crippen molar-refractivity contribution in [1.29, 1.82) is 5.26 Å². The van der Waals surface area contributed by atoms with Crippen LogP contribution in [0.5, 0.6) is 5.75 Å². The molecular formula is C12H9ClF3NO3. The van der Waals surface area contributed by atoms with Gasteiger partial charge in [0.15, 0.2) is 0 Å². The van der Waals surface area contributed by atoms with Gasteiger partial charge in [0.1, 0.15) is 5.75 Å². The molecule has 4 nitrogen and oxygen atoms in total. The molecule has 0 aromatic heterocycles. The molecule has 8 heteroatoms. The molecule has 1 rings (SSSR count). The van der Waals surface area contributed by atoms with Gasteiger partial charge in [0.25, 0.3) is 0 Å². The Kier molecular flexibility index (Phi) is 5.22. The summed E-state index contributed by atoms with van der Waals surface area (Å²) in [6.45, 7) is 0. The Morgan fingerprint density at radius 3 is 2.50 bits per heavy atom. The SMILES string of the molecule is COC(=O)Cc1c(C#N)ccc(OC(F)(F)F)c1CCl. The summed E-state index contributed by atoms with van der Waals surface area (Å²) in [6, 6.07) is 3.91. The summed E-state index contributed by atoms with van der Waals surface area (Å²) >= 11 is 5.61. The van der Waals surface area contributed by atoms with Crippen molar-refractivity contribution >= 4 is 17.6 Å². The Morgan fingerprint density at radius 2 is 2.05 bits per heavy atom. The highest BCUT2D eigenvalue weighted by Crippen LogP contribution is 2.32. The van der Waals surface area contributed by atoms with Crippen LogP contribution in [0.25, 0.3) is 0 Å². The van der Waals surface area contributed by atoms with Gasteiger partial charge in [-0.2, -0.15) is 5.26 Å². The quantitative estimate of drug-likeness (QED) is 0.634. The lowest BCUT2D eigenvalue weighted by Crippen LogP contribution is -2.19. The Morgan fingerprint density at radius 1 is 1.40 bits per heavy atom. The van der Waals surface area contributed by atoms with Crippen LogP contribution < -0.4 is 4.74 Å². The average Bonchev–Trinajstić information content (AvgIpc) is 2.37. The molecule has 0 heterocycles. The minimum absolute atomic E-state index is 0.0422. The van der Waals surface area contributed by atoms with Crippen LogP contribution in [0, 0.1) is 11.3 Å². The van der Waals surface area contributed by atoms with E-state index in [1.54, 1.807) is 6.07 Å². The number of benzene rings is 1. The summed E-state index contributed by atoms with van der Waals surface area (Å²) in [5.74, 6) is -1.57. The molecule has 0 aliphatic rings. The van der Waals surface area contributed by atoms with Crippen LogP contribution >= 0.6 is 11.6 Å². The van der Waals surface area contributed by atoms with Crippen molar-refractivity contribution in [2.75, 3.05) is 7.11 Å². The molecule has 0 saturated carbocycles. The second kappa shape index (κ2) is 6.48. The highest BCUT2D eigenvalue weighted by Gasteiger charge is 2.33. The third kappa shape index (κ3) is 4.03. The van der Waals surface area contributed by atoms with Gasteiger partial charge in [0.05, 0.1) is 31.0 Å². The van der Waals surface area contributed by atoms with Crippen LogP contribution in [-0.4, -0.2) is 19.4 Å². The second-order valence-corrected chi connectivity index (χ2v) is 3.88. The van der Waals surface area contributed by atoms with Crippen LogP contribution in [0.1, 0.15) is 16.7 Å². The molecule has 0 aliphatic heterocycles. The molecule has 0 bridgehead atoms. The maximum atomic E-state index is 12.3. The second-order valence-electron chi connectivity index (χ2n) is 3.61. The zero-order valence-corrected chi connectivity index (χ0v) is 11.0. The number of ether oxygens (including phenoxy) is 2. The van der Waals surface area contributed by atoms with E-state index in [4.69, 9.17) is 16.9 Å². The molecule has 0 aliphatic carbocycles. The Labute approximate surface area is 117 Å². The van der Waals surface area contributed by atoms with Crippen LogP contribution in [0.15, 0.2) is 12.1 Å². The first kappa shape index (κ1) is 16.1. The molecule has 0 fully saturated rings. The Hall–Kier alpha value is -1.94. The van der Waals surface area contributed by atoms with Gasteiger partial charge in [-0.15, -0.1) is 24.8 Å². The number of hydrogen-bond acceptors (Lipinski definition) is 4. The normalized spacial score (nSPS) is 10.8. The fourth-order valence-corrected chi connectivity index (χ4v) is 1.85. The Bertz CT molecular complexity index is 552. The Balaban J connectivity index is 3.33. The third-order valence-electron chi connectivity index (χ3n) is 2.42. The first-order chi connectivity index (χ1) is 9.32. The summed E-state index contributed by atoms with van der Waals surface area (Å²) in [7, 11) is 1.13. The van der Waals surface area contributed by atoms with E-state index in [1.165, 1.54) is 0 Å². The van der Waals surface area contributed by atoms with Crippen LogP contribution in [-0.2, 0) is 21.8 Å². The van der Waals surface area contributed by atoms with Crippen molar-refractivity contribution in [2.24, 2.45) is 0 Å². The molecule has 0 N–H and O–H groups in total. The van der Waals surface area contributed by atoms with Gasteiger partial charge in [-0.1, -0.05) is 0 Å². The number of nitriles is 1. The van der Waals surface area contributed by atoms with Crippen molar-refractivity contribution in [1.82, 2.24) is 0 Å². The van der Waals surface area contributed by atoms with Crippen LogP contribution in [0.3, 0.4) is 0 Å². The molecule has 1 aromatic rings. The number of hydrogen-bond donors (Lipinski definition) is 0. The summed E-state index contributed by atoms with van der Waals surface area (Å²) < 4.78 is 45.1. The molecule has 0 saturated heterocycles. The van der Waals surface area contributed by atoms with E-state index in [2.05, 4.69) is 9.47 Å². The first-order valence-electron chi connectivity index (χ1n) is 5.25. The summed E-state index contributed by atoms with van der Waals surface area (Å²) in [5.41, 5.74) is 0.0464. The van der Waals surface area contributed by atoms with E-state index in [9.17, 15) is 18.0 Å². The van der Waals surface area contributed by atoms with Crippen LogP contribution in [0.2, 0.25) is 0 Å². The predicted octanol–water partition coefficient (Wildman–Crippen LogP) is 2.91. The van der Waals surface area contributed by atoms with Gasteiger partial charge in [0.2, 0.25) is 0 Å². The van der Waals surface area contributed by atoms with Gasteiger partial charge in [0, 0.05) is 5.56 Å². The van der Waals surface area contributed by atoms with Crippen molar-refractivity contribution in [3.8, 4) is 11.8 Å². The maximum Gasteiger partial charge on any atom is 0.573 e. The number of methoxy groups -OCH3 is 1. The monoisotopic (exact) mass is 307 g/mol. The maximum absolute atomic E-state index is 12.3. The van der Waals surface area contributed by atoms with Crippen molar-refractivity contribution < 1.29 is 27.4 Å². The lowest BCUT2D eigenvalue weighted by atomic mass is 9.99. The fraction of sp³-hybridized carbons (Fsp3) is 0.333. The smallest absolute Gasteiger partial charge is 0.469 e. The molecule has 0 amide bonds. The third-order valence-corrected chi connectivity index (χ3v) is 2.68. The molecule has 20 heavy (non-hydrogen) atoms. The molecule has 1 aromatic carbocycles. The summed E-state index contributed by atoms with van der Waals surface area (Å²) in [4.78, 5) is 11.3. The van der Waals surface area contributed by atoms with Gasteiger partial charge in [-0.25, -0.2) is 0 Å². The fourth-order valence-electron chi connectivity index (χ4n) is 1.56.